The molecule has 0 fully saturated rings. The molecule has 172 valence electrons. The molecule has 0 unspecified atom stereocenters. The van der Waals surface area contributed by atoms with E-state index in [1.807, 2.05) is 61.5 Å². The van der Waals surface area contributed by atoms with Crippen molar-refractivity contribution in [3.8, 4) is 5.75 Å². The van der Waals surface area contributed by atoms with E-state index in [-0.39, 0.29) is 25.0 Å². The highest BCUT2D eigenvalue weighted by atomic mass is 35.5. The van der Waals surface area contributed by atoms with Crippen molar-refractivity contribution < 1.29 is 14.3 Å². The van der Waals surface area contributed by atoms with Crippen LogP contribution >= 0.6 is 23.2 Å². The lowest BCUT2D eigenvalue weighted by atomic mass is 10.0. The van der Waals surface area contributed by atoms with E-state index in [4.69, 9.17) is 27.9 Å². The van der Waals surface area contributed by atoms with Crippen molar-refractivity contribution in [3.63, 3.8) is 0 Å². The van der Waals surface area contributed by atoms with Gasteiger partial charge in [-0.25, -0.2) is 0 Å². The molecule has 0 bridgehead atoms. The second-order valence-electron chi connectivity index (χ2n) is 7.68. The van der Waals surface area contributed by atoms with Gasteiger partial charge in [-0.05, 0) is 42.3 Å². The summed E-state index contributed by atoms with van der Waals surface area (Å²) in [4.78, 5) is 27.8. The molecule has 0 saturated carbocycles. The maximum absolute atomic E-state index is 13.4. The smallest absolute Gasteiger partial charge is 0.261 e. The Bertz CT molecular complexity index is 1090. The number of nitrogens with one attached hydrogen (secondary N) is 1. The summed E-state index contributed by atoms with van der Waals surface area (Å²) in [5.74, 6) is -0.0169. The predicted molar refractivity (Wildman–Crippen MR) is 132 cm³/mol. The zero-order valence-corrected chi connectivity index (χ0v) is 20.1. The Balaban J connectivity index is 1.89. The van der Waals surface area contributed by atoms with Crippen LogP contribution in [0, 0.1) is 6.92 Å². The highest BCUT2D eigenvalue weighted by Gasteiger charge is 2.30. The molecule has 2 amide bonds. The molecule has 3 aromatic rings. The van der Waals surface area contributed by atoms with E-state index in [2.05, 4.69) is 5.32 Å². The average Bonchev–Trinajstić information content (AvgIpc) is 2.82. The van der Waals surface area contributed by atoms with Crippen molar-refractivity contribution in [1.29, 1.82) is 0 Å². The van der Waals surface area contributed by atoms with Crippen molar-refractivity contribution in [1.82, 2.24) is 10.2 Å². The summed E-state index contributed by atoms with van der Waals surface area (Å²) in [6, 6.07) is 21.3. The average molecular weight is 485 g/mol. The number of hydrogen-bond donors (Lipinski definition) is 1. The van der Waals surface area contributed by atoms with Gasteiger partial charge in [-0.3, -0.25) is 9.59 Å². The first-order chi connectivity index (χ1) is 15.9. The summed E-state index contributed by atoms with van der Waals surface area (Å²) >= 11 is 12.4. The van der Waals surface area contributed by atoms with E-state index >= 15 is 0 Å². The number of hydrogen-bond acceptors (Lipinski definition) is 3. The highest BCUT2D eigenvalue weighted by Crippen LogP contribution is 2.24. The van der Waals surface area contributed by atoms with Crippen LogP contribution in [0.4, 0.5) is 0 Å². The largest absolute Gasteiger partial charge is 0.484 e. The number of carbonyl (C=O) groups is 2. The van der Waals surface area contributed by atoms with Crippen LogP contribution in [0.1, 0.15) is 16.7 Å². The van der Waals surface area contributed by atoms with Crippen molar-refractivity contribution >= 4 is 35.0 Å². The van der Waals surface area contributed by atoms with Gasteiger partial charge in [-0.15, -0.1) is 0 Å². The van der Waals surface area contributed by atoms with Crippen LogP contribution in [0.5, 0.6) is 5.75 Å². The van der Waals surface area contributed by atoms with E-state index < -0.39 is 6.04 Å². The van der Waals surface area contributed by atoms with Crippen molar-refractivity contribution in [2.45, 2.75) is 25.9 Å². The summed E-state index contributed by atoms with van der Waals surface area (Å²) < 4.78 is 5.73. The minimum atomic E-state index is -0.752. The second-order valence-corrected chi connectivity index (χ2v) is 8.52. The number of benzene rings is 3. The SMILES string of the molecule is CNC(=O)[C@H](Cc1ccccc1)N(Cc1ccc(Cl)cc1Cl)C(=O)COc1ccc(C)cc1. The summed E-state index contributed by atoms with van der Waals surface area (Å²) in [6.45, 7) is 1.90. The van der Waals surface area contributed by atoms with Gasteiger partial charge in [0, 0.05) is 30.1 Å². The fourth-order valence-corrected chi connectivity index (χ4v) is 3.88. The Morgan fingerprint density at radius 3 is 2.33 bits per heavy atom. The number of amides is 2. The monoisotopic (exact) mass is 484 g/mol. The lowest BCUT2D eigenvalue weighted by Crippen LogP contribution is -2.51. The van der Waals surface area contributed by atoms with Gasteiger partial charge in [-0.2, -0.15) is 0 Å². The lowest BCUT2D eigenvalue weighted by Gasteiger charge is -2.31. The fraction of sp³-hybridized carbons (Fsp3) is 0.231. The molecule has 0 radical (unpaired) electrons. The normalized spacial score (nSPS) is 11.5. The van der Waals surface area contributed by atoms with Gasteiger partial charge in [0.25, 0.3) is 5.91 Å². The molecule has 0 heterocycles. The fourth-order valence-electron chi connectivity index (χ4n) is 3.42. The van der Waals surface area contributed by atoms with Crippen molar-refractivity contribution in [2.75, 3.05) is 13.7 Å². The first-order valence-corrected chi connectivity index (χ1v) is 11.3. The van der Waals surface area contributed by atoms with Gasteiger partial charge in [-0.1, -0.05) is 77.3 Å². The predicted octanol–water partition coefficient (Wildman–Crippen LogP) is 5.07. The number of nitrogens with zero attached hydrogens (tertiary/aromatic N) is 1. The third-order valence-corrected chi connectivity index (χ3v) is 5.84. The summed E-state index contributed by atoms with van der Waals surface area (Å²) in [7, 11) is 1.56. The maximum atomic E-state index is 13.4. The van der Waals surface area contributed by atoms with E-state index in [1.165, 1.54) is 4.90 Å². The number of carbonyl (C=O) groups excluding carboxylic acids is 2. The second kappa shape index (κ2) is 11.7. The third kappa shape index (κ3) is 6.98. The number of likely N-dealkylation sites (N-methyl/N-ethyl adjacent to an activating group) is 1. The number of rotatable bonds is 9. The van der Waals surface area contributed by atoms with Crippen LogP contribution < -0.4 is 10.1 Å². The molecule has 3 aromatic carbocycles. The Hall–Kier alpha value is -3.02. The molecule has 1 N–H and O–H groups in total. The molecule has 0 aliphatic carbocycles. The van der Waals surface area contributed by atoms with Crippen LogP contribution in [0.25, 0.3) is 0 Å². The zero-order valence-electron chi connectivity index (χ0n) is 18.6. The number of aryl methyl sites for hydroxylation is 1. The molecular formula is C26H26Cl2N2O3. The van der Waals surface area contributed by atoms with Crippen LogP contribution in [0.2, 0.25) is 10.0 Å². The first-order valence-electron chi connectivity index (χ1n) is 10.6. The molecule has 0 aliphatic rings. The molecular weight excluding hydrogens is 459 g/mol. The summed E-state index contributed by atoms with van der Waals surface area (Å²) in [5.41, 5.74) is 2.72. The van der Waals surface area contributed by atoms with Gasteiger partial charge in [0.05, 0.1) is 0 Å². The van der Waals surface area contributed by atoms with E-state index in [0.29, 0.717) is 27.8 Å². The molecule has 5 nitrogen and oxygen atoms in total. The molecule has 0 saturated heterocycles. The Labute approximate surface area is 204 Å². The van der Waals surface area contributed by atoms with Crippen LogP contribution in [0.3, 0.4) is 0 Å². The molecule has 1 atom stereocenters. The van der Waals surface area contributed by atoms with Gasteiger partial charge in [0.1, 0.15) is 11.8 Å². The Kier molecular flexibility index (Phi) is 8.75. The van der Waals surface area contributed by atoms with Crippen molar-refractivity contribution in [3.05, 3.63) is 99.5 Å². The zero-order chi connectivity index (χ0) is 23.8. The van der Waals surface area contributed by atoms with E-state index in [0.717, 1.165) is 11.1 Å². The van der Waals surface area contributed by atoms with Crippen molar-refractivity contribution in [2.24, 2.45) is 0 Å². The maximum Gasteiger partial charge on any atom is 0.261 e. The third-order valence-electron chi connectivity index (χ3n) is 5.26. The molecule has 0 aromatic heterocycles. The molecule has 3 rings (SSSR count). The van der Waals surface area contributed by atoms with Gasteiger partial charge in [0.2, 0.25) is 5.91 Å². The number of halogens is 2. The lowest BCUT2D eigenvalue weighted by molar-refractivity contribution is -0.142. The minimum absolute atomic E-state index is 0.136. The highest BCUT2D eigenvalue weighted by molar-refractivity contribution is 6.35. The van der Waals surface area contributed by atoms with Gasteiger partial charge in [0.15, 0.2) is 6.61 Å². The Morgan fingerprint density at radius 1 is 1.00 bits per heavy atom. The topological polar surface area (TPSA) is 58.6 Å². The Morgan fingerprint density at radius 2 is 1.70 bits per heavy atom. The van der Waals surface area contributed by atoms with Crippen LogP contribution in [-0.4, -0.2) is 36.4 Å². The van der Waals surface area contributed by atoms with E-state index in [1.54, 1.807) is 25.2 Å². The molecule has 7 heteroatoms. The summed E-state index contributed by atoms with van der Waals surface area (Å²) in [6.07, 6.45) is 0.349. The van der Waals surface area contributed by atoms with E-state index in [9.17, 15) is 9.59 Å². The van der Waals surface area contributed by atoms with Crippen LogP contribution in [-0.2, 0) is 22.6 Å². The molecule has 0 spiro atoms. The van der Waals surface area contributed by atoms with Crippen LogP contribution in [0.15, 0.2) is 72.8 Å². The quantitative estimate of drug-likeness (QED) is 0.461. The minimum Gasteiger partial charge on any atom is -0.484 e. The summed E-state index contributed by atoms with van der Waals surface area (Å²) in [5, 5.41) is 3.61. The van der Waals surface area contributed by atoms with Gasteiger partial charge < -0.3 is 15.0 Å². The van der Waals surface area contributed by atoms with Gasteiger partial charge >= 0.3 is 0 Å². The number of ether oxygens (including phenoxy) is 1. The molecule has 33 heavy (non-hydrogen) atoms. The first kappa shape index (κ1) is 24.6. The standard InChI is InChI=1S/C26H26Cl2N2O3/c1-18-8-12-22(13-9-18)33-17-25(31)30(16-20-10-11-21(27)15-23(20)28)24(26(32)29-2)14-19-6-4-3-5-7-19/h3-13,15,24H,14,16-17H2,1-2H3,(H,29,32)/t24-/m0/s1. The molecule has 0 aliphatic heterocycles.